The van der Waals surface area contributed by atoms with Gasteiger partial charge in [0.2, 0.25) is 0 Å². The van der Waals surface area contributed by atoms with Gasteiger partial charge in [0.05, 0.1) is 0 Å². The quantitative estimate of drug-likeness (QED) is 0.133. The summed E-state index contributed by atoms with van der Waals surface area (Å²) in [5.41, 5.74) is 12.2. The van der Waals surface area contributed by atoms with Crippen molar-refractivity contribution in [1.82, 2.24) is 0 Å². The predicted octanol–water partition coefficient (Wildman–Crippen LogP) is 18.6. The number of benzene rings is 3. The minimum Gasteiger partial charge on any atom is -0.177 e. The monoisotopic (exact) mass is 1110 g/mol. The van der Waals surface area contributed by atoms with E-state index < -0.39 is 0 Å². The molecular weight excluding hydrogens is 1010 g/mol. The number of rotatable bonds is 11. The van der Waals surface area contributed by atoms with Crippen molar-refractivity contribution in [2.75, 3.05) is 0 Å². The Hall–Kier alpha value is 1.04. The molecule has 0 heterocycles. The average Bonchev–Trinajstić information content (AvgIpc) is 3.17. The Bertz CT molecular complexity index is 1560. The van der Waals surface area contributed by atoms with E-state index in [4.69, 9.17) is 0 Å². The van der Waals surface area contributed by atoms with Gasteiger partial charge in [0.25, 0.3) is 0 Å². The van der Waals surface area contributed by atoms with Crippen LogP contribution in [0, 0.1) is 107 Å². The molecule has 0 bridgehead atoms. The maximum Gasteiger partial charge on any atom is 0.112 e. The van der Waals surface area contributed by atoms with Crippen LogP contribution in [0.4, 0.5) is 0 Å². The second-order valence-electron chi connectivity index (χ2n) is 20.9. The molecule has 0 nitrogen and oxygen atoms in total. The fourth-order valence-electron chi connectivity index (χ4n) is 11.5. The largest absolute Gasteiger partial charge is 0.177 e. The van der Waals surface area contributed by atoms with Crippen LogP contribution in [0.2, 0.25) is 6.32 Å². The first kappa shape index (κ1) is 70.3. The van der Waals surface area contributed by atoms with Gasteiger partial charge in [-0.3, -0.25) is 0 Å². The van der Waals surface area contributed by atoms with Gasteiger partial charge in [-0.25, -0.2) is 0 Å². The maximum absolute atomic E-state index is 3.39. The van der Waals surface area contributed by atoms with Gasteiger partial charge in [-0.15, -0.1) is 0 Å². The maximum atomic E-state index is 3.39. The number of hydrogen-bond donors (Lipinski definition) is 0. The van der Waals surface area contributed by atoms with E-state index in [9.17, 15) is 0 Å². The van der Waals surface area contributed by atoms with Crippen LogP contribution in [-0.4, -0.2) is 7.28 Å². The summed E-state index contributed by atoms with van der Waals surface area (Å²) in [7, 11) is 2.49. The molecule has 4 aliphatic rings. The van der Waals surface area contributed by atoms with Crippen LogP contribution in [0.1, 0.15) is 216 Å². The molecule has 4 aliphatic carbocycles. The van der Waals surface area contributed by atoms with E-state index in [1.807, 2.05) is 0 Å². The summed E-state index contributed by atoms with van der Waals surface area (Å²) >= 11 is 0. The number of hydrogen-bond acceptors (Lipinski definition) is 0. The standard InChI is InChI=1S/C24H37.C17H25B.C16H23.4CH4.3Y/c1-18-7-11-23(12-8-18)24-13-9-21(10-14-24)5-4-6-22-16-19(2)15-20(3)17-22;1-13-4-6-16(7-5-13)11-18-12-17-9-14(2)8-15(3)10-17;1-12-4-6-15(7-5-12)11-16-9-13(2)8-14(3)10-16;;;;;;;/h16-18,21,23-24H,4-14H2,1-3H3;9-10,13,16H,4-7,11-12H2,1-3H3;9-10,12,15H,4-7,11H2,1-3H3;4*1H4;;;/q3*-1;;;;;;;. The molecule has 3 aromatic rings. The molecule has 360 valence electrons. The first-order chi connectivity index (χ1) is 27.9. The van der Waals surface area contributed by atoms with Gasteiger partial charge in [0.1, 0.15) is 7.28 Å². The Morgan fingerprint density at radius 3 is 1.15 bits per heavy atom. The molecule has 0 atom stereocenters. The Labute approximate surface area is 484 Å². The number of aryl methyl sites for hydroxylation is 7. The van der Waals surface area contributed by atoms with Gasteiger partial charge in [0, 0.05) is 98.1 Å². The van der Waals surface area contributed by atoms with Crippen LogP contribution in [0.5, 0.6) is 0 Å². The SMILES string of the molecule is C.C.C.C.Cc1[c-]c(C)cc(CC2CCC(C)CC2)c1.Cc1[c-]c(C)cc(CCCC2CCC(C3CCC(C)CC3)CC2)c1.Cc1[c-]c(C)cc(C[B]CC2CCC(C)CC2)c1.[Y].[Y].[Y]. The molecule has 4 saturated carbocycles. The van der Waals surface area contributed by atoms with Crippen molar-refractivity contribution in [2.24, 2.45) is 47.3 Å². The predicted molar refractivity (Wildman–Crippen MR) is 281 cm³/mol. The second kappa shape index (κ2) is 37.8. The van der Waals surface area contributed by atoms with Gasteiger partial charge in [0.15, 0.2) is 0 Å². The molecule has 4 heteroatoms. The van der Waals surface area contributed by atoms with Gasteiger partial charge in [-0.1, -0.05) is 188 Å². The summed E-state index contributed by atoms with van der Waals surface area (Å²) in [6.07, 6.45) is 31.4. The zero-order chi connectivity index (χ0) is 41.4. The molecule has 0 aliphatic heterocycles. The average molecular weight is 1110 g/mol. The van der Waals surface area contributed by atoms with Crippen molar-refractivity contribution in [2.45, 2.75) is 233 Å². The topological polar surface area (TPSA) is 0 Å². The molecule has 0 aromatic heterocycles. The van der Waals surface area contributed by atoms with Crippen LogP contribution < -0.4 is 0 Å². The van der Waals surface area contributed by atoms with Crippen LogP contribution in [0.25, 0.3) is 0 Å². The van der Waals surface area contributed by atoms with Crippen LogP contribution >= 0.6 is 0 Å². The molecule has 0 amide bonds. The Morgan fingerprint density at radius 1 is 0.415 bits per heavy atom. The van der Waals surface area contributed by atoms with Crippen molar-refractivity contribution in [3.8, 4) is 0 Å². The summed E-state index contributed by atoms with van der Waals surface area (Å²) < 4.78 is 0. The zero-order valence-corrected chi connectivity index (χ0v) is 49.5. The summed E-state index contributed by atoms with van der Waals surface area (Å²) in [6.45, 7) is 20.2. The van der Waals surface area contributed by atoms with Crippen LogP contribution in [0.3, 0.4) is 0 Å². The molecule has 65 heavy (non-hydrogen) atoms. The third-order valence-electron chi connectivity index (χ3n) is 15.0. The van der Waals surface area contributed by atoms with E-state index in [0.29, 0.717) is 0 Å². The van der Waals surface area contributed by atoms with E-state index >= 15 is 0 Å². The van der Waals surface area contributed by atoms with Crippen LogP contribution in [-0.2, 0) is 117 Å². The fourth-order valence-corrected chi connectivity index (χ4v) is 11.5. The third kappa shape index (κ3) is 27.4. The van der Waals surface area contributed by atoms with Crippen molar-refractivity contribution < 1.29 is 98.1 Å². The van der Waals surface area contributed by atoms with Crippen molar-refractivity contribution >= 4 is 7.28 Å². The van der Waals surface area contributed by atoms with E-state index in [1.165, 1.54) is 185 Å². The van der Waals surface area contributed by atoms with E-state index in [0.717, 1.165) is 53.7 Å². The second-order valence-corrected chi connectivity index (χ2v) is 20.9. The normalized spacial score (nSPS) is 24.4. The van der Waals surface area contributed by atoms with Crippen LogP contribution in [0.15, 0.2) is 36.4 Å². The Morgan fingerprint density at radius 2 is 0.738 bits per heavy atom. The van der Waals surface area contributed by atoms with Gasteiger partial charge >= 0.3 is 0 Å². The fraction of sp³-hybridized carbons (Fsp3) is 0.705. The molecule has 0 unspecified atom stereocenters. The van der Waals surface area contributed by atoms with Gasteiger partial charge in [-0.2, -0.15) is 105 Å². The smallest absolute Gasteiger partial charge is 0.112 e. The molecule has 0 saturated heterocycles. The zero-order valence-electron chi connectivity index (χ0n) is 40.9. The first-order valence-electron chi connectivity index (χ1n) is 24.7. The summed E-state index contributed by atoms with van der Waals surface area (Å²) in [5, 5.41) is 0. The van der Waals surface area contributed by atoms with Gasteiger partial charge in [-0.05, 0) is 92.3 Å². The first-order valence-corrected chi connectivity index (χ1v) is 24.7. The summed E-state index contributed by atoms with van der Waals surface area (Å²) in [5.74, 6) is 7.98. The molecule has 3 aromatic carbocycles. The molecule has 0 N–H and O–H groups in total. The van der Waals surface area contributed by atoms with E-state index in [1.54, 1.807) is 0 Å². The van der Waals surface area contributed by atoms with Gasteiger partial charge < -0.3 is 0 Å². The minimum absolute atomic E-state index is 0. The molecule has 4 radical (unpaired) electrons. The van der Waals surface area contributed by atoms with E-state index in [-0.39, 0.29) is 128 Å². The molecular formula is C61H101BY3-3. The van der Waals surface area contributed by atoms with Crippen molar-refractivity contribution in [3.63, 3.8) is 0 Å². The minimum atomic E-state index is 0. The Balaban J connectivity index is -0.000000859. The molecule has 0 spiro atoms. The van der Waals surface area contributed by atoms with Crippen molar-refractivity contribution in [1.29, 1.82) is 0 Å². The van der Waals surface area contributed by atoms with Crippen molar-refractivity contribution in [3.05, 3.63) is 105 Å². The third-order valence-corrected chi connectivity index (χ3v) is 15.0. The molecule has 4 fully saturated rings. The Kier molecular flexibility index (Phi) is 40.8. The van der Waals surface area contributed by atoms with E-state index in [2.05, 4.69) is 124 Å². The summed E-state index contributed by atoms with van der Waals surface area (Å²) in [4.78, 5) is 0. The molecule has 7 rings (SSSR count). The summed E-state index contributed by atoms with van der Waals surface area (Å²) in [6, 6.07) is 23.9.